The van der Waals surface area contributed by atoms with Crippen molar-refractivity contribution in [3.8, 4) is 11.3 Å². The lowest BCUT2D eigenvalue weighted by molar-refractivity contribution is -0.384. The molecule has 11 heteroatoms. The number of furan rings is 1. The Kier molecular flexibility index (Phi) is 11.0. The first-order valence-electron chi connectivity index (χ1n) is 15.2. The number of nitrogens with one attached hydrogen (secondary N) is 1. The minimum atomic E-state index is -0.789. The lowest BCUT2D eigenvalue weighted by atomic mass is 9.99. The van der Waals surface area contributed by atoms with E-state index in [0.29, 0.717) is 22.6 Å². The molecule has 0 saturated heterocycles. The first-order valence-corrected chi connectivity index (χ1v) is 16.2. The quantitative estimate of drug-likeness (QED) is 0.0571. The van der Waals surface area contributed by atoms with E-state index in [1.165, 1.54) is 23.1 Å². The third-order valence-corrected chi connectivity index (χ3v) is 8.45. The maximum atomic E-state index is 14.0. The molecule has 0 unspecified atom stereocenters. The van der Waals surface area contributed by atoms with Gasteiger partial charge in [-0.15, -0.1) is 0 Å². The first-order chi connectivity index (χ1) is 23.7. The zero-order chi connectivity index (χ0) is 34.9. The van der Waals surface area contributed by atoms with Gasteiger partial charge in [-0.2, -0.15) is 4.99 Å². The van der Waals surface area contributed by atoms with Crippen molar-refractivity contribution in [1.29, 1.82) is 0 Å². The van der Waals surface area contributed by atoms with Crippen LogP contribution in [0.2, 0.25) is 0 Å². The van der Waals surface area contributed by atoms with Crippen LogP contribution in [0.4, 0.5) is 5.69 Å². The number of carbonyl (C=O) groups is 3. The minimum Gasteiger partial charge on any atom is -0.457 e. The van der Waals surface area contributed by atoms with E-state index in [9.17, 15) is 24.5 Å². The summed E-state index contributed by atoms with van der Waals surface area (Å²) in [6.07, 6.45) is 7.85. The molecular weight excluding hydrogens is 641 g/mol. The molecule has 0 radical (unpaired) electrons. The average molecular weight is 673 g/mol. The van der Waals surface area contributed by atoms with Crippen molar-refractivity contribution in [2.24, 2.45) is 4.99 Å². The number of benzene rings is 3. The highest BCUT2D eigenvalue weighted by Crippen LogP contribution is 2.31. The van der Waals surface area contributed by atoms with E-state index in [2.05, 4.69) is 16.9 Å². The molecule has 1 aliphatic heterocycles. The second-order valence-corrected chi connectivity index (χ2v) is 11.7. The zero-order valence-electron chi connectivity index (χ0n) is 26.7. The van der Waals surface area contributed by atoms with Crippen LogP contribution >= 0.6 is 11.8 Å². The molecule has 1 N–H and O–H groups in total. The van der Waals surface area contributed by atoms with Crippen molar-refractivity contribution >= 4 is 46.4 Å². The van der Waals surface area contributed by atoms with Crippen molar-refractivity contribution < 1.29 is 23.7 Å². The number of nitro benzene ring substituents is 1. The molecule has 10 nitrogen and oxygen atoms in total. The van der Waals surface area contributed by atoms with Crippen LogP contribution in [0.1, 0.15) is 35.4 Å². The Morgan fingerprint density at radius 1 is 1.04 bits per heavy atom. The monoisotopic (exact) mass is 672 g/mol. The van der Waals surface area contributed by atoms with E-state index in [-0.39, 0.29) is 33.8 Å². The summed E-state index contributed by atoms with van der Waals surface area (Å²) in [5, 5.41) is 14.3. The molecule has 1 aromatic heterocycles. The van der Waals surface area contributed by atoms with Gasteiger partial charge in [-0.3, -0.25) is 29.4 Å². The molecule has 0 spiro atoms. The maximum Gasteiger partial charge on any atom is 0.285 e. The average Bonchev–Trinajstić information content (AvgIpc) is 3.58. The van der Waals surface area contributed by atoms with Gasteiger partial charge in [0.1, 0.15) is 17.1 Å². The molecule has 5 rings (SSSR count). The van der Waals surface area contributed by atoms with Gasteiger partial charge in [0.25, 0.3) is 17.5 Å². The lowest BCUT2D eigenvalue weighted by Gasteiger charge is -2.28. The van der Waals surface area contributed by atoms with Gasteiger partial charge in [0.15, 0.2) is 5.17 Å². The summed E-state index contributed by atoms with van der Waals surface area (Å²) in [5.74, 6) is -1.26. The van der Waals surface area contributed by atoms with E-state index >= 15 is 0 Å². The molecule has 4 aromatic rings. The van der Waals surface area contributed by atoms with Crippen molar-refractivity contribution in [3.63, 3.8) is 0 Å². The van der Waals surface area contributed by atoms with Crippen molar-refractivity contribution in [1.82, 2.24) is 10.2 Å². The topological polar surface area (TPSA) is 135 Å². The number of rotatable bonds is 11. The number of hydrogen-bond donors (Lipinski definition) is 1. The van der Waals surface area contributed by atoms with E-state index in [1.54, 1.807) is 56.4 Å². The first kappa shape index (κ1) is 34.3. The number of thioether (sulfide) groups is 1. The Morgan fingerprint density at radius 2 is 1.71 bits per heavy atom. The number of nitrogens with zero attached hydrogens (tertiary/aromatic N) is 3. The molecule has 3 aromatic carbocycles. The highest BCUT2D eigenvalue weighted by Gasteiger charge is 2.35. The third kappa shape index (κ3) is 8.09. The minimum absolute atomic E-state index is 0.0433. The van der Waals surface area contributed by atoms with E-state index in [1.807, 2.05) is 60.7 Å². The van der Waals surface area contributed by atoms with Crippen LogP contribution in [0, 0.1) is 17.0 Å². The second kappa shape index (κ2) is 15.7. The number of amidine groups is 1. The largest absolute Gasteiger partial charge is 0.457 e. The third-order valence-electron chi connectivity index (χ3n) is 7.51. The summed E-state index contributed by atoms with van der Waals surface area (Å²) in [7, 11) is 0. The predicted octanol–water partition coefficient (Wildman–Crippen LogP) is 7.56. The Bertz CT molecular complexity index is 1990. The van der Waals surface area contributed by atoms with Crippen LogP contribution in [0.5, 0.6) is 0 Å². The van der Waals surface area contributed by atoms with E-state index < -0.39 is 22.8 Å². The van der Waals surface area contributed by atoms with E-state index in [0.717, 1.165) is 22.9 Å². The molecule has 0 atom stereocenters. The standard InChI is InChI=1S/C38H32N4O6S/c1-4-6-17-28(5-2)41-37(45)32(23-30-19-21-33(48-30)31-20-18-29(42(46)47)22-25(31)3)36(44)40-38(41)49-24-34(43)39-35(26-13-9-7-10-14-26)27-15-11-8-12-16-27/h4-23,35H,1,24H2,2-3H3,(H,39,43)/b17-6-,28-5+,32-23-. The summed E-state index contributed by atoms with van der Waals surface area (Å²) in [6, 6.07) is 26.4. The van der Waals surface area contributed by atoms with Gasteiger partial charge in [-0.05, 0) is 60.9 Å². The molecule has 0 saturated carbocycles. The molecule has 0 fully saturated rings. The lowest BCUT2D eigenvalue weighted by Crippen LogP contribution is -2.42. The van der Waals surface area contributed by atoms with Crippen molar-refractivity contribution in [2.45, 2.75) is 19.9 Å². The number of aliphatic imine (C=N–C) groups is 1. The fourth-order valence-electron chi connectivity index (χ4n) is 5.15. The smallest absolute Gasteiger partial charge is 0.285 e. The number of allylic oxidation sites excluding steroid dienone is 4. The fraction of sp³-hybridized carbons (Fsp3) is 0.105. The normalized spacial score (nSPS) is 14.4. The fourth-order valence-corrected chi connectivity index (χ4v) is 5.96. The highest BCUT2D eigenvalue weighted by atomic mass is 32.2. The Labute approximate surface area is 287 Å². The van der Waals surface area contributed by atoms with Gasteiger partial charge in [-0.1, -0.05) is 97.2 Å². The number of amides is 3. The molecular formula is C38H32N4O6S. The number of nitro groups is 1. The Hall–Kier alpha value is -6.07. The van der Waals surface area contributed by atoms with Gasteiger partial charge in [0, 0.05) is 23.4 Å². The number of hydrogen-bond acceptors (Lipinski definition) is 7. The highest BCUT2D eigenvalue weighted by molar-refractivity contribution is 8.14. The SMILES string of the molecule is C=C/C=C\C(=C/C)N1C(=O)/C(=C\c2ccc(-c3ccc([N+](=O)[O-])cc3C)o2)C(=O)N=C1SCC(=O)NC(c1ccccc1)c1ccccc1. The van der Waals surface area contributed by atoms with Gasteiger partial charge in [0.05, 0.1) is 16.7 Å². The molecule has 0 bridgehead atoms. The summed E-state index contributed by atoms with van der Waals surface area (Å²) in [5.41, 5.74) is 3.19. The summed E-state index contributed by atoms with van der Waals surface area (Å²) in [6.45, 7) is 7.16. The molecule has 1 aliphatic rings. The molecule has 246 valence electrons. The van der Waals surface area contributed by atoms with Gasteiger partial charge < -0.3 is 9.73 Å². The second-order valence-electron chi connectivity index (χ2n) is 10.8. The van der Waals surface area contributed by atoms with Crippen LogP contribution in [-0.4, -0.2) is 38.5 Å². The summed E-state index contributed by atoms with van der Waals surface area (Å²) < 4.78 is 5.94. The van der Waals surface area contributed by atoms with Crippen molar-refractivity contribution in [2.75, 3.05) is 5.75 Å². The summed E-state index contributed by atoms with van der Waals surface area (Å²) >= 11 is 0.968. The van der Waals surface area contributed by atoms with Gasteiger partial charge in [-0.25, -0.2) is 0 Å². The van der Waals surface area contributed by atoms with Crippen LogP contribution in [-0.2, 0) is 14.4 Å². The number of aryl methyl sites for hydroxylation is 1. The Balaban J connectivity index is 1.41. The maximum absolute atomic E-state index is 14.0. The molecule has 2 heterocycles. The van der Waals surface area contributed by atoms with E-state index in [4.69, 9.17) is 4.42 Å². The van der Waals surface area contributed by atoms with Crippen LogP contribution in [0.3, 0.4) is 0 Å². The zero-order valence-corrected chi connectivity index (χ0v) is 27.6. The van der Waals surface area contributed by atoms with Gasteiger partial charge >= 0.3 is 0 Å². The van der Waals surface area contributed by atoms with Crippen LogP contribution < -0.4 is 5.32 Å². The molecule has 3 amide bonds. The van der Waals surface area contributed by atoms with Gasteiger partial charge in [0.2, 0.25) is 5.91 Å². The van der Waals surface area contributed by atoms with Crippen LogP contribution in [0.15, 0.2) is 143 Å². The number of non-ortho nitro benzene ring substituents is 1. The number of carbonyl (C=O) groups excluding carboxylic acids is 3. The predicted molar refractivity (Wildman–Crippen MR) is 191 cm³/mol. The molecule has 49 heavy (non-hydrogen) atoms. The summed E-state index contributed by atoms with van der Waals surface area (Å²) in [4.78, 5) is 56.8. The van der Waals surface area contributed by atoms with Crippen molar-refractivity contribution in [3.05, 3.63) is 166 Å². The Morgan fingerprint density at radius 3 is 2.31 bits per heavy atom. The molecule has 0 aliphatic carbocycles. The van der Waals surface area contributed by atoms with Crippen LogP contribution in [0.25, 0.3) is 17.4 Å².